The summed E-state index contributed by atoms with van der Waals surface area (Å²) in [6.07, 6.45) is 1.09. The van der Waals surface area contributed by atoms with Crippen LogP contribution in [0.1, 0.15) is 25.0 Å². The van der Waals surface area contributed by atoms with E-state index in [0.29, 0.717) is 12.5 Å². The number of benzene rings is 1. The Labute approximate surface area is 124 Å². The van der Waals surface area contributed by atoms with Crippen LogP contribution in [-0.2, 0) is 13.0 Å². The molecule has 0 bridgehead atoms. The van der Waals surface area contributed by atoms with Crippen molar-refractivity contribution in [2.45, 2.75) is 26.8 Å². The standard InChI is InChI=1S/C17H31N3/c1-15(2)14-20(12-11-19(3)4)10-9-16-7-5-6-8-17(16)13-18/h5-8,15H,9-14,18H2,1-4H3. The van der Waals surface area contributed by atoms with Gasteiger partial charge in [-0.15, -0.1) is 0 Å². The van der Waals surface area contributed by atoms with Gasteiger partial charge in [-0.25, -0.2) is 0 Å². The zero-order chi connectivity index (χ0) is 15.0. The van der Waals surface area contributed by atoms with Crippen molar-refractivity contribution in [2.24, 2.45) is 11.7 Å². The maximum atomic E-state index is 5.82. The highest BCUT2D eigenvalue weighted by Gasteiger charge is 2.09. The number of hydrogen-bond acceptors (Lipinski definition) is 3. The Hall–Kier alpha value is -0.900. The van der Waals surface area contributed by atoms with Gasteiger partial charge in [0, 0.05) is 32.7 Å². The van der Waals surface area contributed by atoms with Crippen molar-refractivity contribution in [3.8, 4) is 0 Å². The van der Waals surface area contributed by atoms with E-state index >= 15 is 0 Å². The second kappa shape index (κ2) is 9.11. The highest BCUT2D eigenvalue weighted by atomic mass is 15.2. The van der Waals surface area contributed by atoms with Crippen molar-refractivity contribution in [1.82, 2.24) is 9.80 Å². The van der Waals surface area contributed by atoms with Crippen LogP contribution in [0.25, 0.3) is 0 Å². The maximum Gasteiger partial charge on any atom is 0.0180 e. The van der Waals surface area contributed by atoms with Gasteiger partial charge in [-0.1, -0.05) is 38.1 Å². The molecule has 0 amide bonds. The summed E-state index contributed by atoms with van der Waals surface area (Å²) in [5, 5.41) is 0. The first-order valence-electron chi connectivity index (χ1n) is 7.66. The van der Waals surface area contributed by atoms with Crippen LogP contribution in [0.5, 0.6) is 0 Å². The van der Waals surface area contributed by atoms with E-state index in [9.17, 15) is 0 Å². The molecule has 0 atom stereocenters. The molecule has 20 heavy (non-hydrogen) atoms. The van der Waals surface area contributed by atoms with E-state index < -0.39 is 0 Å². The highest BCUT2D eigenvalue weighted by Crippen LogP contribution is 2.10. The lowest BCUT2D eigenvalue weighted by Gasteiger charge is -2.26. The molecule has 0 aromatic heterocycles. The third-order valence-electron chi connectivity index (χ3n) is 3.52. The van der Waals surface area contributed by atoms with Crippen LogP contribution in [0.15, 0.2) is 24.3 Å². The molecule has 0 radical (unpaired) electrons. The molecule has 1 rings (SSSR count). The maximum absolute atomic E-state index is 5.82. The lowest BCUT2D eigenvalue weighted by atomic mass is 10.0. The molecule has 2 N–H and O–H groups in total. The molecule has 0 saturated carbocycles. The van der Waals surface area contributed by atoms with Crippen molar-refractivity contribution in [3.05, 3.63) is 35.4 Å². The zero-order valence-electron chi connectivity index (χ0n) is 13.6. The van der Waals surface area contributed by atoms with Crippen LogP contribution in [0, 0.1) is 5.92 Å². The molecule has 0 unspecified atom stereocenters. The molecular weight excluding hydrogens is 246 g/mol. The van der Waals surface area contributed by atoms with Crippen molar-refractivity contribution in [1.29, 1.82) is 0 Å². The van der Waals surface area contributed by atoms with Gasteiger partial charge in [0.25, 0.3) is 0 Å². The summed E-state index contributed by atoms with van der Waals surface area (Å²) in [4.78, 5) is 4.82. The van der Waals surface area contributed by atoms with Gasteiger partial charge in [-0.3, -0.25) is 0 Å². The van der Waals surface area contributed by atoms with Crippen LogP contribution in [0.2, 0.25) is 0 Å². The van der Waals surface area contributed by atoms with Crippen molar-refractivity contribution >= 4 is 0 Å². The molecular formula is C17H31N3. The van der Waals surface area contributed by atoms with Gasteiger partial charge in [-0.05, 0) is 37.6 Å². The van der Waals surface area contributed by atoms with Crippen molar-refractivity contribution in [2.75, 3.05) is 40.3 Å². The summed E-state index contributed by atoms with van der Waals surface area (Å²) in [5.41, 5.74) is 8.49. The molecule has 0 aliphatic heterocycles. The number of rotatable bonds is 9. The van der Waals surface area contributed by atoms with Crippen LogP contribution in [0.4, 0.5) is 0 Å². The van der Waals surface area contributed by atoms with Crippen LogP contribution < -0.4 is 5.73 Å². The minimum atomic E-state index is 0.637. The summed E-state index contributed by atoms with van der Waals surface area (Å²) in [6, 6.07) is 8.54. The average molecular weight is 277 g/mol. The van der Waals surface area contributed by atoms with E-state index in [-0.39, 0.29) is 0 Å². The van der Waals surface area contributed by atoms with Crippen molar-refractivity contribution in [3.63, 3.8) is 0 Å². The SMILES string of the molecule is CC(C)CN(CCc1ccccc1CN)CCN(C)C. The molecule has 114 valence electrons. The zero-order valence-corrected chi connectivity index (χ0v) is 13.6. The monoisotopic (exact) mass is 277 g/mol. The summed E-state index contributed by atoms with van der Waals surface area (Å²) in [6.45, 7) is 9.74. The Balaban J connectivity index is 2.55. The van der Waals surface area contributed by atoms with E-state index in [4.69, 9.17) is 5.73 Å². The first kappa shape index (κ1) is 17.2. The minimum absolute atomic E-state index is 0.637. The second-order valence-corrected chi connectivity index (χ2v) is 6.22. The second-order valence-electron chi connectivity index (χ2n) is 6.22. The smallest absolute Gasteiger partial charge is 0.0180 e. The minimum Gasteiger partial charge on any atom is -0.326 e. The van der Waals surface area contributed by atoms with Crippen LogP contribution in [0.3, 0.4) is 0 Å². The van der Waals surface area contributed by atoms with Gasteiger partial charge in [-0.2, -0.15) is 0 Å². The lowest BCUT2D eigenvalue weighted by molar-refractivity contribution is 0.221. The molecule has 0 aliphatic carbocycles. The fourth-order valence-corrected chi connectivity index (χ4v) is 2.43. The van der Waals surface area contributed by atoms with Crippen LogP contribution >= 0.6 is 0 Å². The predicted octanol–water partition coefficient (Wildman–Crippen LogP) is 2.21. The molecule has 0 saturated heterocycles. The molecule has 0 fully saturated rings. The van der Waals surface area contributed by atoms with Crippen molar-refractivity contribution < 1.29 is 0 Å². The van der Waals surface area contributed by atoms with E-state index in [0.717, 1.165) is 26.1 Å². The largest absolute Gasteiger partial charge is 0.326 e. The van der Waals surface area contributed by atoms with Gasteiger partial charge in [0.2, 0.25) is 0 Å². The Morgan fingerprint density at radius 2 is 1.65 bits per heavy atom. The summed E-state index contributed by atoms with van der Waals surface area (Å²) < 4.78 is 0. The molecule has 0 spiro atoms. The lowest BCUT2D eigenvalue weighted by Crippen LogP contribution is -2.35. The van der Waals surface area contributed by atoms with E-state index in [2.05, 4.69) is 62.0 Å². The molecule has 0 heterocycles. The Bertz CT molecular complexity index is 374. The summed E-state index contributed by atoms with van der Waals surface area (Å²) in [7, 11) is 4.27. The van der Waals surface area contributed by atoms with Gasteiger partial charge in [0.1, 0.15) is 0 Å². The van der Waals surface area contributed by atoms with Gasteiger partial charge >= 0.3 is 0 Å². The Kier molecular flexibility index (Phi) is 7.82. The number of likely N-dealkylation sites (N-methyl/N-ethyl adjacent to an activating group) is 1. The average Bonchev–Trinajstić information content (AvgIpc) is 2.41. The molecule has 3 heteroatoms. The van der Waals surface area contributed by atoms with E-state index in [1.807, 2.05) is 0 Å². The molecule has 3 nitrogen and oxygen atoms in total. The molecule has 0 aliphatic rings. The third kappa shape index (κ3) is 6.51. The Morgan fingerprint density at radius 1 is 1.00 bits per heavy atom. The third-order valence-corrected chi connectivity index (χ3v) is 3.52. The number of nitrogens with two attached hydrogens (primary N) is 1. The topological polar surface area (TPSA) is 32.5 Å². The van der Waals surface area contributed by atoms with Crippen LogP contribution in [-0.4, -0.2) is 50.1 Å². The Morgan fingerprint density at radius 3 is 2.20 bits per heavy atom. The number of hydrogen-bond donors (Lipinski definition) is 1. The van der Waals surface area contributed by atoms with Gasteiger partial charge in [0.05, 0.1) is 0 Å². The van der Waals surface area contributed by atoms with Gasteiger partial charge in [0.15, 0.2) is 0 Å². The summed E-state index contributed by atoms with van der Waals surface area (Å²) in [5.74, 6) is 0.710. The summed E-state index contributed by atoms with van der Waals surface area (Å²) >= 11 is 0. The quantitative estimate of drug-likeness (QED) is 0.751. The van der Waals surface area contributed by atoms with E-state index in [1.165, 1.54) is 17.7 Å². The highest BCUT2D eigenvalue weighted by molar-refractivity contribution is 5.27. The first-order valence-corrected chi connectivity index (χ1v) is 7.66. The first-order chi connectivity index (χ1) is 9.52. The van der Waals surface area contributed by atoms with Gasteiger partial charge < -0.3 is 15.5 Å². The molecule has 1 aromatic rings. The normalized spacial score (nSPS) is 11.8. The fourth-order valence-electron chi connectivity index (χ4n) is 2.43. The number of nitrogens with zero attached hydrogens (tertiary/aromatic N) is 2. The molecule has 1 aromatic carbocycles. The van der Waals surface area contributed by atoms with E-state index in [1.54, 1.807) is 0 Å². The predicted molar refractivity (Wildman–Crippen MR) is 87.9 cm³/mol. The fraction of sp³-hybridized carbons (Fsp3) is 0.647.